The maximum absolute atomic E-state index is 14.2. The summed E-state index contributed by atoms with van der Waals surface area (Å²) < 4.78 is 84.2. The van der Waals surface area contributed by atoms with Gasteiger partial charge in [-0.15, -0.1) is 0 Å². The van der Waals surface area contributed by atoms with E-state index in [9.17, 15) is 35.9 Å². The van der Waals surface area contributed by atoms with E-state index >= 15 is 0 Å². The molecule has 1 aliphatic carbocycles. The van der Waals surface area contributed by atoms with E-state index in [4.69, 9.17) is 5.73 Å². The van der Waals surface area contributed by atoms with Crippen molar-refractivity contribution in [2.75, 3.05) is 0 Å². The lowest BCUT2D eigenvalue weighted by Gasteiger charge is -2.20. The Balaban J connectivity index is 1.53. The van der Waals surface area contributed by atoms with Crippen LogP contribution in [0.4, 0.5) is 26.3 Å². The molecule has 0 saturated heterocycles. The van der Waals surface area contributed by atoms with E-state index in [-0.39, 0.29) is 29.7 Å². The molecule has 1 atom stereocenters. The third-order valence-electron chi connectivity index (χ3n) is 7.41. The molecule has 0 unspecified atom stereocenters. The maximum Gasteiger partial charge on any atom is 0.435 e. The number of pyridine rings is 1. The molecule has 44 heavy (non-hydrogen) atoms. The smallest absolute Gasteiger partial charge is 0.366 e. The average Bonchev–Trinajstić information content (AvgIpc) is 3.62. The lowest BCUT2D eigenvalue weighted by atomic mass is 9.86. The number of halogens is 6. The summed E-state index contributed by atoms with van der Waals surface area (Å²) >= 11 is 0. The first-order chi connectivity index (χ1) is 20.9. The van der Waals surface area contributed by atoms with Gasteiger partial charge in [-0.3, -0.25) is 19.3 Å². The summed E-state index contributed by atoms with van der Waals surface area (Å²) in [7, 11) is 0. The maximum atomic E-state index is 14.2. The van der Waals surface area contributed by atoms with Crippen LogP contribution >= 0.6 is 0 Å². The normalized spacial score (nSPS) is 14.0. The van der Waals surface area contributed by atoms with E-state index in [0.717, 1.165) is 35.4 Å². The Morgan fingerprint density at radius 1 is 1.00 bits per heavy atom. The van der Waals surface area contributed by atoms with Crippen molar-refractivity contribution in [3.63, 3.8) is 0 Å². The molecule has 0 bridgehead atoms. The van der Waals surface area contributed by atoms with Gasteiger partial charge in [0.1, 0.15) is 24.0 Å². The third-order valence-corrected chi connectivity index (χ3v) is 7.41. The van der Waals surface area contributed by atoms with Crippen molar-refractivity contribution in [1.29, 1.82) is 0 Å². The number of nitrogens with two attached hydrogens (primary N) is 1. The predicted octanol–water partition coefficient (Wildman–Crippen LogP) is 7.03. The van der Waals surface area contributed by atoms with Crippen molar-refractivity contribution in [2.24, 2.45) is 5.73 Å². The number of nitrogens with zero attached hydrogens (tertiary/aromatic N) is 3. The molecule has 0 radical (unpaired) electrons. The topological polar surface area (TPSA) is 90.9 Å². The van der Waals surface area contributed by atoms with E-state index in [0.29, 0.717) is 41.3 Å². The molecule has 6 nitrogen and oxygen atoms in total. The Labute approximate surface area is 248 Å². The van der Waals surface area contributed by atoms with Crippen LogP contribution in [0, 0.1) is 17.5 Å². The molecule has 2 aromatic carbocycles. The minimum Gasteiger partial charge on any atom is -0.366 e. The quantitative estimate of drug-likeness (QED) is 0.195. The fourth-order valence-corrected chi connectivity index (χ4v) is 5.49. The first-order valence-corrected chi connectivity index (χ1v) is 13.7. The second-order valence-corrected chi connectivity index (χ2v) is 10.6. The molecule has 0 saturated carbocycles. The number of allylic oxidation sites excluding steroid dienone is 2. The first kappa shape index (κ1) is 30.7. The number of hydrogen-bond acceptors (Lipinski definition) is 4. The van der Waals surface area contributed by atoms with Crippen LogP contribution in [0.1, 0.15) is 64.6 Å². The van der Waals surface area contributed by atoms with E-state index in [1.165, 1.54) is 18.3 Å². The predicted molar refractivity (Wildman–Crippen MR) is 150 cm³/mol. The van der Waals surface area contributed by atoms with Crippen LogP contribution in [0.5, 0.6) is 0 Å². The molecule has 0 fully saturated rings. The first-order valence-electron chi connectivity index (χ1n) is 13.7. The van der Waals surface area contributed by atoms with E-state index in [2.05, 4.69) is 10.1 Å². The summed E-state index contributed by atoms with van der Waals surface area (Å²) in [5.41, 5.74) is 5.97. The zero-order chi connectivity index (χ0) is 31.6. The monoisotopic (exact) mass is 612 g/mol. The van der Waals surface area contributed by atoms with E-state index in [1.807, 2.05) is 6.08 Å². The lowest BCUT2D eigenvalue weighted by Crippen LogP contribution is -2.19. The molecular formula is C32H26F6N4O2. The minimum atomic E-state index is -4.71. The van der Waals surface area contributed by atoms with Crippen molar-refractivity contribution >= 4 is 17.3 Å². The molecule has 4 aromatic rings. The van der Waals surface area contributed by atoms with Gasteiger partial charge in [-0.1, -0.05) is 18.2 Å². The second-order valence-electron chi connectivity index (χ2n) is 10.6. The van der Waals surface area contributed by atoms with Crippen molar-refractivity contribution in [3.8, 4) is 11.1 Å². The van der Waals surface area contributed by atoms with Crippen LogP contribution in [-0.2, 0) is 23.9 Å². The van der Waals surface area contributed by atoms with Crippen LogP contribution in [0.3, 0.4) is 0 Å². The van der Waals surface area contributed by atoms with Crippen molar-refractivity contribution in [1.82, 2.24) is 14.8 Å². The molecule has 5 rings (SSSR count). The fourth-order valence-electron chi connectivity index (χ4n) is 5.49. The van der Waals surface area contributed by atoms with Crippen LogP contribution < -0.4 is 5.73 Å². The number of carbonyl (C=O) groups excluding carboxylic acids is 2. The molecule has 2 aromatic heterocycles. The van der Waals surface area contributed by atoms with Gasteiger partial charge in [0.2, 0.25) is 0 Å². The molecule has 2 heterocycles. The summed E-state index contributed by atoms with van der Waals surface area (Å²) in [5, 5.41) is 3.69. The zero-order valence-electron chi connectivity index (χ0n) is 23.2. The van der Waals surface area contributed by atoms with Gasteiger partial charge >= 0.3 is 6.18 Å². The summed E-state index contributed by atoms with van der Waals surface area (Å²) in [6.45, 7) is -0.485. The molecule has 228 valence electrons. The number of alkyl halides is 3. The molecule has 1 amide bonds. The standard InChI is InChI=1S/C32H26F6N4O2/c33-22-11-18(12-23(34)15-22)10-21(30-25(6-3-9-40-30)20-7-8-27(35)26(14-20)31(39)44)13-24(43)17-42-28(19-4-1-2-5-19)16-29(41-42)32(36,37)38/h3-4,6-9,11-12,14-16,21H,1-2,5,10,13,17H2,(H2,39,44)/t21-/m1/s1. The van der Waals surface area contributed by atoms with Gasteiger partial charge in [-0.2, -0.15) is 18.3 Å². The molecule has 12 heteroatoms. The summed E-state index contributed by atoms with van der Waals surface area (Å²) in [6, 6.07) is 10.8. The number of amides is 1. The Kier molecular flexibility index (Phi) is 8.70. The number of hydrogen-bond donors (Lipinski definition) is 1. The van der Waals surface area contributed by atoms with Crippen molar-refractivity contribution in [3.05, 3.63) is 113 Å². The molecule has 1 aliphatic rings. The highest BCUT2D eigenvalue weighted by molar-refractivity contribution is 5.94. The van der Waals surface area contributed by atoms with E-state index < -0.39 is 53.5 Å². The van der Waals surface area contributed by atoms with Gasteiger partial charge in [0.25, 0.3) is 5.91 Å². The van der Waals surface area contributed by atoms with Gasteiger partial charge in [0, 0.05) is 30.2 Å². The van der Waals surface area contributed by atoms with Crippen LogP contribution in [-0.4, -0.2) is 26.5 Å². The zero-order valence-corrected chi connectivity index (χ0v) is 23.2. The minimum absolute atomic E-state index is 0.0702. The van der Waals surface area contributed by atoms with Gasteiger partial charge in [0.15, 0.2) is 11.5 Å². The van der Waals surface area contributed by atoms with Crippen LogP contribution in [0.15, 0.2) is 66.9 Å². The highest BCUT2D eigenvalue weighted by Gasteiger charge is 2.36. The van der Waals surface area contributed by atoms with Gasteiger partial charge in [-0.05, 0) is 78.8 Å². The number of rotatable bonds is 10. The van der Waals surface area contributed by atoms with E-state index in [1.54, 1.807) is 12.1 Å². The van der Waals surface area contributed by atoms with Gasteiger partial charge in [0.05, 0.1) is 17.0 Å². The fraction of sp³-hybridized carbons (Fsp3) is 0.250. The molecule has 0 spiro atoms. The lowest BCUT2D eigenvalue weighted by molar-refractivity contribution is -0.141. The van der Waals surface area contributed by atoms with Crippen LogP contribution in [0.25, 0.3) is 16.7 Å². The highest BCUT2D eigenvalue weighted by atomic mass is 19.4. The number of carbonyl (C=O) groups is 2. The van der Waals surface area contributed by atoms with Crippen molar-refractivity contribution < 1.29 is 35.9 Å². The SMILES string of the molecule is NC(=O)c1cc(-c2cccnc2[C@@H](CC(=O)Cn2nc(C(F)(F)F)cc2C2=CCCC2)Cc2cc(F)cc(F)c2)ccc1F. The average molecular weight is 613 g/mol. The molecular weight excluding hydrogens is 586 g/mol. The Bertz CT molecular complexity index is 1740. The number of Topliss-reactive ketones (excluding diaryl/α,β-unsaturated/α-hetero) is 1. The Morgan fingerprint density at radius 2 is 1.75 bits per heavy atom. The number of ketones is 1. The highest BCUT2D eigenvalue weighted by Crippen LogP contribution is 2.36. The van der Waals surface area contributed by atoms with Gasteiger partial charge in [-0.25, -0.2) is 13.2 Å². The second kappa shape index (κ2) is 12.5. The Morgan fingerprint density at radius 3 is 2.41 bits per heavy atom. The molecule has 0 aliphatic heterocycles. The summed E-state index contributed by atoms with van der Waals surface area (Å²) in [4.78, 5) is 29.8. The summed E-state index contributed by atoms with van der Waals surface area (Å²) in [6.07, 6.45) is 0.209. The summed E-state index contributed by atoms with van der Waals surface area (Å²) in [5.74, 6) is -4.82. The number of aromatic nitrogens is 3. The van der Waals surface area contributed by atoms with Crippen LogP contribution in [0.2, 0.25) is 0 Å². The van der Waals surface area contributed by atoms with Gasteiger partial charge < -0.3 is 5.73 Å². The van der Waals surface area contributed by atoms with Crippen molar-refractivity contribution in [2.45, 2.75) is 50.7 Å². The Hall–Kier alpha value is -4.74. The number of primary amides is 1. The largest absolute Gasteiger partial charge is 0.435 e. The third kappa shape index (κ3) is 6.90. The molecule has 2 N–H and O–H groups in total. The number of benzene rings is 2.